The zero-order chi connectivity index (χ0) is 22.1. The molecule has 0 aliphatic carbocycles. The number of benzene rings is 2. The Hall–Kier alpha value is -3.46. The zero-order valence-corrected chi connectivity index (χ0v) is 17.7. The Morgan fingerprint density at radius 3 is 2.43 bits per heavy atom. The summed E-state index contributed by atoms with van der Waals surface area (Å²) < 4.78 is 0. The number of hydrogen-bond donors (Lipinski definition) is 0. The Labute approximate surface area is 176 Å². The molecule has 2 aromatic carbocycles. The van der Waals surface area contributed by atoms with Crippen LogP contribution in [0.15, 0.2) is 48.5 Å². The van der Waals surface area contributed by atoms with E-state index < -0.39 is 17.5 Å². The van der Waals surface area contributed by atoms with E-state index in [0.717, 1.165) is 10.5 Å². The Bertz CT molecular complexity index is 1030. The van der Waals surface area contributed by atoms with Gasteiger partial charge in [-0.2, -0.15) is 5.26 Å². The number of carbonyl (C=O) groups is 3. The van der Waals surface area contributed by atoms with E-state index in [1.54, 1.807) is 41.3 Å². The van der Waals surface area contributed by atoms with Crippen LogP contribution >= 0.6 is 0 Å². The van der Waals surface area contributed by atoms with Gasteiger partial charge in [-0.3, -0.25) is 14.4 Å². The molecule has 0 spiro atoms. The van der Waals surface area contributed by atoms with Gasteiger partial charge in [0.2, 0.25) is 5.91 Å². The minimum absolute atomic E-state index is 0.0696. The zero-order valence-electron chi connectivity index (χ0n) is 17.7. The monoisotopic (exact) mass is 403 g/mol. The first-order chi connectivity index (χ1) is 14.2. The SMILES string of the molecule is CCC(C)(C)N(C(=O)c1cccc(C)c1)C1CC(=O)N(c2ccc(C#N)cc2)C1=O. The topological polar surface area (TPSA) is 81.5 Å². The molecule has 1 saturated heterocycles. The van der Waals surface area contributed by atoms with Gasteiger partial charge < -0.3 is 4.90 Å². The molecule has 6 nitrogen and oxygen atoms in total. The number of imide groups is 1. The number of amides is 3. The van der Waals surface area contributed by atoms with Gasteiger partial charge in [0.15, 0.2) is 0 Å². The summed E-state index contributed by atoms with van der Waals surface area (Å²) in [5, 5.41) is 8.98. The highest BCUT2D eigenvalue weighted by Crippen LogP contribution is 2.32. The van der Waals surface area contributed by atoms with Crippen molar-refractivity contribution in [1.82, 2.24) is 4.90 Å². The highest BCUT2D eigenvalue weighted by atomic mass is 16.2. The van der Waals surface area contributed by atoms with E-state index in [-0.39, 0.29) is 18.2 Å². The fourth-order valence-corrected chi connectivity index (χ4v) is 3.70. The molecule has 0 bridgehead atoms. The molecule has 1 atom stereocenters. The lowest BCUT2D eigenvalue weighted by atomic mass is 9.94. The molecule has 0 saturated carbocycles. The van der Waals surface area contributed by atoms with Crippen molar-refractivity contribution in [3.63, 3.8) is 0 Å². The number of aryl methyl sites for hydroxylation is 1. The van der Waals surface area contributed by atoms with E-state index in [1.165, 1.54) is 0 Å². The molecule has 1 aliphatic heterocycles. The van der Waals surface area contributed by atoms with Crippen LogP contribution in [-0.2, 0) is 9.59 Å². The van der Waals surface area contributed by atoms with Crippen LogP contribution in [0.4, 0.5) is 5.69 Å². The van der Waals surface area contributed by atoms with Crippen molar-refractivity contribution in [3.05, 3.63) is 65.2 Å². The van der Waals surface area contributed by atoms with Crippen molar-refractivity contribution < 1.29 is 14.4 Å². The molecule has 3 amide bonds. The second kappa shape index (κ2) is 8.11. The van der Waals surface area contributed by atoms with Gasteiger partial charge in [0.1, 0.15) is 6.04 Å². The molecule has 1 fully saturated rings. The molecule has 0 radical (unpaired) electrons. The Morgan fingerprint density at radius 2 is 1.87 bits per heavy atom. The van der Waals surface area contributed by atoms with Crippen LogP contribution in [0.2, 0.25) is 0 Å². The molecule has 0 N–H and O–H groups in total. The van der Waals surface area contributed by atoms with Crippen molar-refractivity contribution in [2.75, 3.05) is 4.90 Å². The largest absolute Gasteiger partial charge is 0.321 e. The van der Waals surface area contributed by atoms with Crippen LogP contribution in [0.3, 0.4) is 0 Å². The van der Waals surface area contributed by atoms with Crippen LogP contribution < -0.4 is 4.90 Å². The average molecular weight is 403 g/mol. The van der Waals surface area contributed by atoms with Gasteiger partial charge in [-0.1, -0.05) is 24.6 Å². The molecule has 154 valence electrons. The van der Waals surface area contributed by atoms with E-state index in [0.29, 0.717) is 23.2 Å². The van der Waals surface area contributed by atoms with Crippen molar-refractivity contribution >= 4 is 23.4 Å². The second-order valence-electron chi connectivity index (χ2n) is 8.16. The minimum atomic E-state index is -0.879. The van der Waals surface area contributed by atoms with Gasteiger partial charge in [0.05, 0.1) is 23.7 Å². The number of carbonyl (C=O) groups excluding carboxylic acids is 3. The summed E-state index contributed by atoms with van der Waals surface area (Å²) >= 11 is 0. The lowest BCUT2D eigenvalue weighted by Crippen LogP contribution is -2.55. The predicted molar refractivity (Wildman–Crippen MR) is 114 cm³/mol. The second-order valence-corrected chi connectivity index (χ2v) is 8.16. The minimum Gasteiger partial charge on any atom is -0.321 e. The number of nitrogens with zero attached hydrogens (tertiary/aromatic N) is 3. The fourth-order valence-electron chi connectivity index (χ4n) is 3.70. The van der Waals surface area contributed by atoms with Crippen LogP contribution in [-0.4, -0.2) is 34.2 Å². The molecule has 3 rings (SSSR count). The van der Waals surface area contributed by atoms with Crippen LogP contribution in [0.1, 0.15) is 55.1 Å². The number of anilines is 1. The van der Waals surface area contributed by atoms with E-state index >= 15 is 0 Å². The summed E-state index contributed by atoms with van der Waals surface area (Å²) in [5.74, 6) is -1.05. The third-order valence-corrected chi connectivity index (χ3v) is 5.69. The normalized spacial score (nSPS) is 16.5. The molecule has 6 heteroatoms. The van der Waals surface area contributed by atoms with Crippen molar-refractivity contribution in [2.24, 2.45) is 0 Å². The number of rotatable bonds is 5. The standard InChI is InChI=1S/C24H25N3O3/c1-5-24(3,4)27(22(29)18-8-6-7-16(2)13-18)20-14-21(28)26(23(20)30)19-11-9-17(15-25)10-12-19/h6-13,20H,5,14H2,1-4H3. The van der Waals surface area contributed by atoms with E-state index in [2.05, 4.69) is 0 Å². The summed E-state index contributed by atoms with van der Waals surface area (Å²) in [4.78, 5) is 42.3. The van der Waals surface area contributed by atoms with Crippen molar-refractivity contribution in [2.45, 2.75) is 52.1 Å². The molecule has 1 unspecified atom stereocenters. The van der Waals surface area contributed by atoms with E-state index in [9.17, 15) is 14.4 Å². The predicted octanol–water partition coefficient (Wildman–Crippen LogP) is 3.83. The van der Waals surface area contributed by atoms with Gasteiger partial charge in [0.25, 0.3) is 11.8 Å². The average Bonchev–Trinajstić information content (AvgIpc) is 3.01. The van der Waals surface area contributed by atoms with Gasteiger partial charge in [0, 0.05) is 11.1 Å². The lowest BCUT2D eigenvalue weighted by molar-refractivity contribution is -0.123. The Morgan fingerprint density at radius 1 is 1.20 bits per heavy atom. The molecule has 1 heterocycles. The van der Waals surface area contributed by atoms with Crippen LogP contribution in [0.5, 0.6) is 0 Å². The first-order valence-electron chi connectivity index (χ1n) is 9.97. The van der Waals surface area contributed by atoms with Gasteiger partial charge >= 0.3 is 0 Å². The molecule has 30 heavy (non-hydrogen) atoms. The molecular weight excluding hydrogens is 378 g/mol. The summed E-state index contributed by atoms with van der Waals surface area (Å²) in [7, 11) is 0. The highest BCUT2D eigenvalue weighted by Gasteiger charge is 2.48. The summed E-state index contributed by atoms with van der Waals surface area (Å²) in [6.07, 6.45) is 0.555. The Kier molecular flexibility index (Phi) is 5.75. The molecule has 2 aromatic rings. The first-order valence-corrected chi connectivity index (χ1v) is 9.97. The van der Waals surface area contributed by atoms with Crippen LogP contribution in [0.25, 0.3) is 0 Å². The van der Waals surface area contributed by atoms with Crippen molar-refractivity contribution in [1.29, 1.82) is 5.26 Å². The van der Waals surface area contributed by atoms with Gasteiger partial charge in [-0.25, -0.2) is 4.90 Å². The molecule has 1 aliphatic rings. The van der Waals surface area contributed by atoms with E-state index in [1.807, 2.05) is 45.9 Å². The van der Waals surface area contributed by atoms with Crippen LogP contribution in [0, 0.1) is 18.3 Å². The first kappa shape index (κ1) is 21.3. The summed E-state index contributed by atoms with van der Waals surface area (Å²) in [6, 6.07) is 14.7. The maximum atomic E-state index is 13.5. The highest BCUT2D eigenvalue weighted by molar-refractivity contribution is 6.23. The number of nitriles is 1. The third kappa shape index (κ3) is 3.84. The van der Waals surface area contributed by atoms with Gasteiger partial charge in [-0.15, -0.1) is 0 Å². The van der Waals surface area contributed by atoms with E-state index in [4.69, 9.17) is 5.26 Å². The smallest absolute Gasteiger partial charge is 0.257 e. The number of hydrogen-bond acceptors (Lipinski definition) is 4. The summed E-state index contributed by atoms with van der Waals surface area (Å²) in [5.41, 5.74) is 1.67. The van der Waals surface area contributed by atoms with Crippen molar-refractivity contribution in [3.8, 4) is 6.07 Å². The lowest BCUT2D eigenvalue weighted by Gasteiger charge is -2.41. The summed E-state index contributed by atoms with van der Waals surface area (Å²) in [6.45, 7) is 7.67. The molecule has 0 aromatic heterocycles. The molecular formula is C24H25N3O3. The maximum Gasteiger partial charge on any atom is 0.257 e. The Balaban J connectivity index is 2.00. The third-order valence-electron chi connectivity index (χ3n) is 5.69. The maximum absolute atomic E-state index is 13.5. The quantitative estimate of drug-likeness (QED) is 0.711. The van der Waals surface area contributed by atoms with Gasteiger partial charge in [-0.05, 0) is 63.6 Å². The fraction of sp³-hybridized carbons (Fsp3) is 0.333.